The summed E-state index contributed by atoms with van der Waals surface area (Å²) < 4.78 is 7.04. The van der Waals surface area contributed by atoms with Gasteiger partial charge in [-0.15, -0.1) is 0 Å². The molecule has 0 aromatic carbocycles. The Bertz CT molecular complexity index is 1090. The summed E-state index contributed by atoms with van der Waals surface area (Å²) in [5, 5.41) is 9.93. The first-order chi connectivity index (χ1) is 16.3. The van der Waals surface area contributed by atoms with Crippen LogP contribution in [-0.2, 0) is 17.6 Å². The molecule has 7 rings (SSSR count). The van der Waals surface area contributed by atoms with E-state index in [-0.39, 0.29) is 16.6 Å². The van der Waals surface area contributed by atoms with Gasteiger partial charge in [0.15, 0.2) is 0 Å². The van der Waals surface area contributed by atoms with Crippen LogP contribution >= 0.6 is 0 Å². The van der Waals surface area contributed by atoms with Gasteiger partial charge in [0, 0.05) is 23.2 Å². The number of aromatic nitrogens is 2. The van der Waals surface area contributed by atoms with Gasteiger partial charge in [0.25, 0.3) is 5.56 Å². The van der Waals surface area contributed by atoms with Crippen LogP contribution in [0.3, 0.4) is 0 Å². The van der Waals surface area contributed by atoms with Crippen LogP contribution < -0.4 is 10.9 Å². The van der Waals surface area contributed by atoms with Crippen molar-refractivity contribution >= 4 is 0 Å². The number of allylic oxidation sites excluding steroid dienone is 1. The number of nitrogens with one attached hydrogen (secondary N) is 3. The molecule has 5 nitrogen and oxygen atoms in total. The van der Waals surface area contributed by atoms with E-state index in [4.69, 9.17) is 4.74 Å². The number of fused-ring (bicyclic) bond motifs is 7. The zero-order chi connectivity index (χ0) is 23.4. The third kappa shape index (κ3) is 2.89. The third-order valence-corrected chi connectivity index (χ3v) is 12.0. The second kappa shape index (κ2) is 7.35. The van der Waals surface area contributed by atoms with E-state index >= 15 is 0 Å². The minimum Gasteiger partial charge on any atom is -0.369 e. The van der Waals surface area contributed by atoms with Gasteiger partial charge in [0.1, 0.15) is 0 Å². The Morgan fingerprint density at radius 3 is 2.76 bits per heavy atom. The highest BCUT2D eigenvalue weighted by molar-refractivity contribution is 5.32. The highest BCUT2D eigenvalue weighted by Gasteiger charge is 2.59. The molecule has 0 bridgehead atoms. The van der Waals surface area contributed by atoms with Crippen LogP contribution in [0.1, 0.15) is 83.9 Å². The summed E-state index contributed by atoms with van der Waals surface area (Å²) in [6.45, 7) is 10.9. The zero-order valence-corrected chi connectivity index (χ0v) is 21.5. The largest absolute Gasteiger partial charge is 0.369 e. The van der Waals surface area contributed by atoms with E-state index in [1.165, 1.54) is 44.2 Å². The fraction of sp³-hybridized carbons (Fsp3) is 0.828. The van der Waals surface area contributed by atoms with Gasteiger partial charge in [0.05, 0.1) is 11.7 Å². The molecular formula is C29H43N3O2. The van der Waals surface area contributed by atoms with Crippen molar-refractivity contribution in [1.29, 1.82) is 0 Å². The molecule has 0 amide bonds. The highest BCUT2D eigenvalue weighted by Crippen LogP contribution is 2.64. The molecule has 0 radical (unpaired) electrons. The summed E-state index contributed by atoms with van der Waals surface area (Å²) in [7, 11) is 0. The van der Waals surface area contributed by atoms with Gasteiger partial charge < -0.3 is 15.2 Å². The second-order valence-electron chi connectivity index (χ2n) is 13.6. The Balaban J connectivity index is 1.19. The molecule has 2 saturated heterocycles. The monoisotopic (exact) mass is 465 g/mol. The van der Waals surface area contributed by atoms with Crippen molar-refractivity contribution in [2.45, 2.75) is 103 Å². The van der Waals surface area contributed by atoms with Gasteiger partial charge in [0.2, 0.25) is 0 Å². The summed E-state index contributed by atoms with van der Waals surface area (Å²) in [5.74, 6) is 4.26. The average Bonchev–Trinajstić information content (AvgIpc) is 3.40. The van der Waals surface area contributed by atoms with E-state index in [2.05, 4.69) is 43.2 Å². The molecule has 5 heteroatoms. The molecule has 2 saturated carbocycles. The molecule has 3 heterocycles. The van der Waals surface area contributed by atoms with Crippen molar-refractivity contribution in [3.8, 4) is 0 Å². The van der Waals surface area contributed by atoms with Crippen LogP contribution in [0.2, 0.25) is 0 Å². The summed E-state index contributed by atoms with van der Waals surface area (Å²) >= 11 is 0. The summed E-state index contributed by atoms with van der Waals surface area (Å²) in [4.78, 5) is 12.5. The molecule has 10 atom stereocenters. The predicted molar refractivity (Wildman–Crippen MR) is 134 cm³/mol. The Morgan fingerprint density at radius 2 is 1.91 bits per heavy atom. The van der Waals surface area contributed by atoms with Gasteiger partial charge in [-0.25, -0.2) is 0 Å². The van der Waals surface area contributed by atoms with E-state index in [1.807, 2.05) is 0 Å². The number of rotatable bonds is 0. The molecule has 2 aliphatic heterocycles. The van der Waals surface area contributed by atoms with Crippen molar-refractivity contribution in [1.82, 2.24) is 15.5 Å². The van der Waals surface area contributed by atoms with E-state index in [0.717, 1.165) is 49.1 Å². The van der Waals surface area contributed by atoms with Crippen LogP contribution in [0.25, 0.3) is 0 Å². The Kier molecular flexibility index (Phi) is 4.74. The molecule has 1 aromatic rings. The van der Waals surface area contributed by atoms with E-state index in [0.29, 0.717) is 29.9 Å². The molecule has 4 fully saturated rings. The molecule has 3 N–H and O–H groups in total. The highest BCUT2D eigenvalue weighted by atomic mass is 16.5. The van der Waals surface area contributed by atoms with E-state index < -0.39 is 0 Å². The van der Waals surface area contributed by atoms with Crippen molar-refractivity contribution in [3.63, 3.8) is 0 Å². The molecule has 1 aromatic heterocycles. The zero-order valence-electron chi connectivity index (χ0n) is 21.5. The smallest absolute Gasteiger partial charge is 0.267 e. The first-order valence-corrected chi connectivity index (χ1v) is 14.2. The number of hydrogen-bond donors (Lipinski definition) is 3. The average molecular weight is 466 g/mol. The van der Waals surface area contributed by atoms with Gasteiger partial charge in [-0.1, -0.05) is 31.9 Å². The summed E-state index contributed by atoms with van der Waals surface area (Å²) in [5.41, 5.74) is 6.08. The maximum Gasteiger partial charge on any atom is 0.267 e. The standard InChI is InChI=1S/C29H43N3O2/c1-15-9-25-26(30-14-15)17(3)29(34-25)8-7-19-20-6-5-18-10-24-22(27(33)32-31-24)13-28(18,4)23(20)11-21(19)16(2)12-29/h15,17-20,23,25-26,30H,5-14H2,1-4H3,(H2,31,32,33)/t15-,17?,18?,19?,20-,23?,25?,26?,28?,29?/m0/s1. The molecular weight excluding hydrogens is 422 g/mol. The summed E-state index contributed by atoms with van der Waals surface area (Å²) in [6, 6.07) is 0.532. The lowest BCUT2D eigenvalue weighted by molar-refractivity contribution is -0.0733. The quantitative estimate of drug-likeness (QED) is 0.485. The minimum absolute atomic E-state index is 0.0303. The molecule has 34 heavy (non-hydrogen) atoms. The third-order valence-electron chi connectivity index (χ3n) is 12.0. The first kappa shape index (κ1) is 21.9. The summed E-state index contributed by atoms with van der Waals surface area (Å²) in [6.07, 6.45) is 11.2. The molecule has 1 spiro atoms. The fourth-order valence-electron chi connectivity index (χ4n) is 10.1. The lowest BCUT2D eigenvalue weighted by Crippen LogP contribution is -2.49. The van der Waals surface area contributed by atoms with Crippen LogP contribution in [0.5, 0.6) is 0 Å². The second-order valence-corrected chi connectivity index (χ2v) is 13.6. The van der Waals surface area contributed by atoms with Crippen LogP contribution in [0.4, 0.5) is 0 Å². The molecule has 4 aliphatic carbocycles. The van der Waals surface area contributed by atoms with Crippen LogP contribution in [0.15, 0.2) is 15.9 Å². The molecule has 186 valence electrons. The van der Waals surface area contributed by atoms with Gasteiger partial charge in [-0.3, -0.25) is 9.89 Å². The van der Waals surface area contributed by atoms with Crippen molar-refractivity contribution < 1.29 is 4.74 Å². The van der Waals surface area contributed by atoms with E-state index in [9.17, 15) is 4.79 Å². The maximum atomic E-state index is 12.5. The van der Waals surface area contributed by atoms with Crippen molar-refractivity contribution in [3.05, 3.63) is 32.8 Å². The Morgan fingerprint density at radius 1 is 1.06 bits per heavy atom. The SMILES string of the molecule is CC1=C2CC3[C@@H](CCC4Cc5[nH][nH]c(=O)c5CC43C)C2CCC2(C1)OC1C[C@H](C)CNC1C2C. The van der Waals surface area contributed by atoms with Crippen molar-refractivity contribution in [2.24, 2.45) is 40.9 Å². The maximum absolute atomic E-state index is 12.5. The topological polar surface area (TPSA) is 69.9 Å². The van der Waals surface area contributed by atoms with Gasteiger partial charge in [-0.05, 0) is 106 Å². The van der Waals surface area contributed by atoms with Gasteiger partial charge in [-0.2, -0.15) is 0 Å². The molecule has 6 aliphatic rings. The predicted octanol–water partition coefficient (Wildman–Crippen LogP) is 4.74. The fourth-order valence-corrected chi connectivity index (χ4v) is 10.1. The lowest BCUT2D eigenvalue weighted by Gasteiger charge is -2.52. The first-order valence-electron chi connectivity index (χ1n) is 14.2. The number of piperidine rings is 1. The Hall–Kier alpha value is -1.33. The lowest BCUT2D eigenvalue weighted by atomic mass is 9.52. The Labute approximate surface area is 203 Å². The normalized spacial score (nSPS) is 49.8. The number of ether oxygens (including phenoxy) is 1. The van der Waals surface area contributed by atoms with Gasteiger partial charge >= 0.3 is 0 Å². The number of hydrogen-bond acceptors (Lipinski definition) is 3. The number of H-pyrrole nitrogens is 2. The molecule has 8 unspecified atom stereocenters. The van der Waals surface area contributed by atoms with Crippen LogP contribution in [0, 0.1) is 40.9 Å². The van der Waals surface area contributed by atoms with E-state index in [1.54, 1.807) is 11.1 Å². The van der Waals surface area contributed by atoms with Crippen molar-refractivity contribution in [2.75, 3.05) is 6.54 Å². The minimum atomic E-state index is 0.0303. The number of aromatic amines is 2. The van der Waals surface area contributed by atoms with Crippen LogP contribution in [-0.4, -0.2) is 34.5 Å².